The molecule has 0 bridgehead atoms. The van der Waals surface area contributed by atoms with Gasteiger partial charge in [-0.25, -0.2) is 22.0 Å². The van der Waals surface area contributed by atoms with Crippen LogP contribution in [0.3, 0.4) is 0 Å². The van der Waals surface area contributed by atoms with Crippen molar-refractivity contribution in [3.05, 3.63) is 23.8 Å². The van der Waals surface area contributed by atoms with E-state index in [9.17, 15) is 16.8 Å². The van der Waals surface area contributed by atoms with Crippen LogP contribution in [0.15, 0.2) is 23.1 Å². The van der Waals surface area contributed by atoms with E-state index in [1.54, 1.807) is 6.92 Å². The van der Waals surface area contributed by atoms with Crippen molar-refractivity contribution in [3.63, 3.8) is 0 Å². The first-order valence-corrected chi connectivity index (χ1v) is 9.44. The smallest absolute Gasteiger partial charge is 0.238 e. The maximum Gasteiger partial charge on any atom is 0.238 e. The molecule has 0 atom stereocenters. The number of hydrogen-bond acceptors (Lipinski definition) is 4. The molecule has 8 heteroatoms. The standard InChI is InChI=1S/C12H18N2O4S2/c1-9-6-7-10(8-12(9)19(13,15)16)14-20(17,18)11-4-2-3-5-11/h6-8,11,14H,2-5H2,1H3,(H2,13,15,16). The lowest BCUT2D eigenvalue weighted by Gasteiger charge is -2.14. The molecule has 112 valence electrons. The van der Waals surface area contributed by atoms with Crippen molar-refractivity contribution in [2.75, 3.05) is 4.72 Å². The van der Waals surface area contributed by atoms with Gasteiger partial charge in [-0.1, -0.05) is 18.9 Å². The molecule has 1 fully saturated rings. The zero-order valence-corrected chi connectivity index (χ0v) is 12.8. The second kappa shape index (κ2) is 5.34. The van der Waals surface area contributed by atoms with Gasteiger partial charge in [-0.15, -0.1) is 0 Å². The third-order valence-electron chi connectivity index (χ3n) is 3.50. The average Bonchev–Trinajstić information content (AvgIpc) is 2.84. The van der Waals surface area contributed by atoms with Crippen LogP contribution in [0.25, 0.3) is 0 Å². The molecule has 0 aromatic heterocycles. The summed E-state index contributed by atoms with van der Waals surface area (Å²) in [5.41, 5.74) is 0.711. The Bertz CT molecular complexity index is 705. The molecule has 2 rings (SSSR count). The lowest BCUT2D eigenvalue weighted by Crippen LogP contribution is -2.25. The minimum absolute atomic E-state index is 0.0656. The first-order valence-electron chi connectivity index (χ1n) is 6.35. The van der Waals surface area contributed by atoms with Gasteiger partial charge in [0.25, 0.3) is 0 Å². The van der Waals surface area contributed by atoms with Gasteiger partial charge in [0, 0.05) is 5.69 Å². The van der Waals surface area contributed by atoms with Crippen LogP contribution in [0.5, 0.6) is 0 Å². The SMILES string of the molecule is Cc1ccc(NS(=O)(=O)C2CCCC2)cc1S(N)(=O)=O. The number of benzene rings is 1. The van der Waals surface area contributed by atoms with Gasteiger partial charge in [0.1, 0.15) is 0 Å². The fourth-order valence-corrected chi connectivity index (χ4v) is 4.80. The number of nitrogens with one attached hydrogen (secondary N) is 1. The highest BCUT2D eigenvalue weighted by Gasteiger charge is 2.28. The first kappa shape index (κ1) is 15.3. The monoisotopic (exact) mass is 318 g/mol. The Morgan fingerprint density at radius 1 is 1.15 bits per heavy atom. The molecule has 0 spiro atoms. The molecule has 1 aromatic carbocycles. The van der Waals surface area contributed by atoms with E-state index in [1.165, 1.54) is 18.2 Å². The van der Waals surface area contributed by atoms with Gasteiger partial charge in [0.15, 0.2) is 0 Å². The third kappa shape index (κ3) is 3.31. The summed E-state index contributed by atoms with van der Waals surface area (Å²) >= 11 is 0. The van der Waals surface area contributed by atoms with Crippen molar-refractivity contribution >= 4 is 25.7 Å². The van der Waals surface area contributed by atoms with Gasteiger partial charge in [0.2, 0.25) is 20.0 Å². The van der Waals surface area contributed by atoms with Crippen LogP contribution in [0.1, 0.15) is 31.2 Å². The summed E-state index contributed by atoms with van der Waals surface area (Å²) in [6.07, 6.45) is 3.09. The highest BCUT2D eigenvalue weighted by molar-refractivity contribution is 7.93. The molecule has 1 aliphatic rings. The topological polar surface area (TPSA) is 106 Å². The highest BCUT2D eigenvalue weighted by atomic mass is 32.2. The van der Waals surface area contributed by atoms with Crippen LogP contribution in [-0.2, 0) is 20.0 Å². The van der Waals surface area contributed by atoms with Gasteiger partial charge < -0.3 is 0 Å². The molecule has 0 unspecified atom stereocenters. The molecule has 3 N–H and O–H groups in total. The van der Waals surface area contributed by atoms with E-state index in [2.05, 4.69) is 4.72 Å². The van der Waals surface area contributed by atoms with Gasteiger partial charge in [-0.3, -0.25) is 4.72 Å². The van der Waals surface area contributed by atoms with Crippen molar-refractivity contribution in [3.8, 4) is 0 Å². The van der Waals surface area contributed by atoms with Gasteiger partial charge >= 0.3 is 0 Å². The van der Waals surface area contributed by atoms with E-state index in [4.69, 9.17) is 5.14 Å². The quantitative estimate of drug-likeness (QED) is 0.873. The highest BCUT2D eigenvalue weighted by Crippen LogP contribution is 2.27. The van der Waals surface area contributed by atoms with Crippen LogP contribution in [-0.4, -0.2) is 22.1 Å². The number of aryl methyl sites for hydroxylation is 1. The zero-order chi connectivity index (χ0) is 15.0. The Morgan fingerprint density at radius 3 is 2.30 bits per heavy atom. The van der Waals surface area contributed by atoms with E-state index in [-0.39, 0.29) is 10.6 Å². The Hall–Kier alpha value is -1.12. The minimum atomic E-state index is -3.87. The minimum Gasteiger partial charge on any atom is -0.283 e. The van der Waals surface area contributed by atoms with Gasteiger partial charge in [-0.05, 0) is 37.5 Å². The van der Waals surface area contributed by atoms with Crippen molar-refractivity contribution in [1.82, 2.24) is 0 Å². The molecule has 6 nitrogen and oxygen atoms in total. The van der Waals surface area contributed by atoms with Crippen molar-refractivity contribution < 1.29 is 16.8 Å². The molecule has 0 aliphatic heterocycles. The first-order chi connectivity index (χ1) is 9.20. The Labute approximate surface area is 119 Å². The Morgan fingerprint density at radius 2 is 1.75 bits per heavy atom. The summed E-state index contributed by atoms with van der Waals surface area (Å²) in [7, 11) is -7.34. The van der Waals surface area contributed by atoms with Crippen LogP contribution < -0.4 is 9.86 Å². The zero-order valence-electron chi connectivity index (χ0n) is 11.2. The lowest BCUT2D eigenvalue weighted by molar-refractivity contribution is 0.584. The van der Waals surface area contributed by atoms with Crippen molar-refractivity contribution in [2.24, 2.45) is 5.14 Å². The predicted molar refractivity (Wildman–Crippen MR) is 77.4 cm³/mol. The molecule has 1 saturated carbocycles. The number of rotatable bonds is 4. The largest absolute Gasteiger partial charge is 0.283 e. The van der Waals surface area contributed by atoms with Crippen LogP contribution >= 0.6 is 0 Å². The Kier molecular flexibility index (Phi) is 4.08. The maximum absolute atomic E-state index is 12.2. The third-order valence-corrected chi connectivity index (χ3v) is 6.42. The number of anilines is 1. The van der Waals surface area contributed by atoms with Crippen LogP contribution in [0.4, 0.5) is 5.69 Å². The lowest BCUT2D eigenvalue weighted by atomic mass is 10.2. The van der Waals surface area contributed by atoms with Crippen molar-refractivity contribution in [2.45, 2.75) is 42.8 Å². The maximum atomic E-state index is 12.2. The Balaban J connectivity index is 2.31. The molecular formula is C12H18N2O4S2. The normalized spacial score (nSPS) is 17.3. The number of hydrogen-bond donors (Lipinski definition) is 2. The average molecular weight is 318 g/mol. The molecule has 1 aliphatic carbocycles. The van der Waals surface area contributed by atoms with Crippen LogP contribution in [0, 0.1) is 6.92 Å². The fourth-order valence-electron chi connectivity index (χ4n) is 2.42. The van der Waals surface area contributed by atoms with E-state index in [1.807, 2.05) is 0 Å². The second-order valence-electron chi connectivity index (χ2n) is 5.08. The van der Waals surface area contributed by atoms with E-state index >= 15 is 0 Å². The summed E-state index contributed by atoms with van der Waals surface area (Å²) < 4.78 is 49.6. The van der Waals surface area contributed by atoms with Gasteiger partial charge in [0.05, 0.1) is 10.1 Å². The van der Waals surface area contributed by atoms with Gasteiger partial charge in [-0.2, -0.15) is 0 Å². The van der Waals surface area contributed by atoms with Crippen LogP contribution in [0.2, 0.25) is 0 Å². The fraction of sp³-hybridized carbons (Fsp3) is 0.500. The van der Waals surface area contributed by atoms with E-state index < -0.39 is 25.3 Å². The summed E-state index contributed by atoms with van der Waals surface area (Å²) in [4.78, 5) is -0.0656. The molecule has 0 radical (unpaired) electrons. The molecule has 0 amide bonds. The number of sulfonamides is 2. The van der Waals surface area contributed by atoms with E-state index in [0.717, 1.165) is 12.8 Å². The summed E-state index contributed by atoms with van der Waals surface area (Å²) in [6, 6.07) is 4.33. The summed E-state index contributed by atoms with van der Waals surface area (Å²) in [5.74, 6) is 0. The summed E-state index contributed by atoms with van der Waals surface area (Å²) in [6.45, 7) is 1.61. The molecule has 0 saturated heterocycles. The van der Waals surface area contributed by atoms with Crippen molar-refractivity contribution in [1.29, 1.82) is 0 Å². The summed E-state index contributed by atoms with van der Waals surface area (Å²) in [5, 5.41) is 4.71. The molecule has 20 heavy (non-hydrogen) atoms. The number of primary sulfonamides is 1. The number of nitrogens with two attached hydrogens (primary N) is 1. The molecular weight excluding hydrogens is 300 g/mol. The predicted octanol–water partition coefficient (Wildman–Crippen LogP) is 1.33. The molecule has 1 aromatic rings. The molecule has 0 heterocycles. The van der Waals surface area contributed by atoms with E-state index in [0.29, 0.717) is 18.4 Å². The second-order valence-corrected chi connectivity index (χ2v) is 8.57.